The highest BCUT2D eigenvalue weighted by Crippen LogP contribution is 1.99. The molecule has 0 saturated heterocycles. The molecular weight excluding hydrogens is 246 g/mol. The topological polar surface area (TPSA) is 76.8 Å². The van der Waals surface area contributed by atoms with E-state index in [1.165, 1.54) is 0 Å². The van der Waals surface area contributed by atoms with Gasteiger partial charge in [0.1, 0.15) is 0 Å². The molecule has 0 aromatic heterocycles. The van der Waals surface area contributed by atoms with Gasteiger partial charge in [-0.25, -0.2) is 5.84 Å². The molecule has 0 saturated carbocycles. The van der Waals surface area contributed by atoms with Gasteiger partial charge in [0.15, 0.2) is 0 Å². The Balaban J connectivity index is 3.72. The summed E-state index contributed by atoms with van der Waals surface area (Å²) in [6.45, 7) is 9.74. The first-order chi connectivity index (χ1) is 9.24. The first-order valence-electron chi connectivity index (χ1n) is 7.11. The molecule has 0 aromatic carbocycles. The van der Waals surface area contributed by atoms with Gasteiger partial charge in [0.25, 0.3) is 0 Å². The fraction of sp³-hybridized carbons (Fsp3) is 0.923. The summed E-state index contributed by atoms with van der Waals surface area (Å²) < 4.78 is 10.7. The molecule has 6 nitrogen and oxygen atoms in total. The number of hydrazine groups is 1. The molecule has 0 rings (SSSR count). The van der Waals surface area contributed by atoms with Crippen LogP contribution in [0.2, 0.25) is 0 Å². The molecule has 1 amide bonds. The van der Waals surface area contributed by atoms with E-state index in [1.807, 2.05) is 13.8 Å². The summed E-state index contributed by atoms with van der Waals surface area (Å²) in [7, 11) is 0. The average molecular weight is 275 g/mol. The molecule has 0 aliphatic rings. The molecule has 0 heterocycles. The second-order valence-corrected chi connectivity index (χ2v) is 4.26. The predicted molar refractivity (Wildman–Crippen MR) is 75.6 cm³/mol. The Kier molecular flexibility index (Phi) is 13.2. The number of carbonyl (C=O) groups excluding carboxylic acids is 1. The van der Waals surface area contributed by atoms with Crippen molar-refractivity contribution in [1.82, 2.24) is 10.3 Å². The Morgan fingerprint density at radius 3 is 2.11 bits per heavy atom. The Morgan fingerprint density at radius 2 is 1.63 bits per heavy atom. The third kappa shape index (κ3) is 12.1. The average Bonchev–Trinajstić information content (AvgIpc) is 2.43. The lowest BCUT2D eigenvalue weighted by Gasteiger charge is -2.21. The summed E-state index contributed by atoms with van der Waals surface area (Å²) in [5.41, 5.74) is 2.14. The van der Waals surface area contributed by atoms with Crippen molar-refractivity contribution in [2.24, 2.45) is 5.84 Å². The number of nitrogens with two attached hydrogens (primary N) is 1. The zero-order chi connectivity index (χ0) is 14.3. The molecule has 0 aromatic rings. The Hall–Kier alpha value is -0.690. The van der Waals surface area contributed by atoms with E-state index in [1.54, 1.807) is 0 Å². The molecule has 0 spiro atoms. The van der Waals surface area contributed by atoms with E-state index in [-0.39, 0.29) is 5.91 Å². The van der Waals surface area contributed by atoms with Gasteiger partial charge in [-0.15, -0.1) is 0 Å². The monoisotopic (exact) mass is 275 g/mol. The van der Waals surface area contributed by atoms with Crippen molar-refractivity contribution in [2.45, 2.75) is 33.1 Å². The number of carbonyl (C=O) groups is 1. The highest BCUT2D eigenvalue weighted by Gasteiger charge is 2.05. The Morgan fingerprint density at radius 1 is 1.05 bits per heavy atom. The first kappa shape index (κ1) is 18.3. The maximum atomic E-state index is 11.0. The van der Waals surface area contributed by atoms with Crippen LogP contribution in [0.15, 0.2) is 0 Å². The Bertz CT molecular complexity index is 205. The fourth-order valence-electron chi connectivity index (χ4n) is 1.70. The van der Waals surface area contributed by atoms with Crippen molar-refractivity contribution in [3.63, 3.8) is 0 Å². The van der Waals surface area contributed by atoms with E-state index in [4.69, 9.17) is 15.3 Å². The van der Waals surface area contributed by atoms with Gasteiger partial charge >= 0.3 is 0 Å². The number of hydrogen-bond donors (Lipinski definition) is 2. The van der Waals surface area contributed by atoms with Gasteiger partial charge in [0.2, 0.25) is 5.91 Å². The van der Waals surface area contributed by atoms with E-state index in [9.17, 15) is 4.79 Å². The van der Waals surface area contributed by atoms with Gasteiger partial charge in [-0.3, -0.25) is 15.1 Å². The van der Waals surface area contributed by atoms with E-state index < -0.39 is 0 Å². The van der Waals surface area contributed by atoms with Gasteiger partial charge in [-0.2, -0.15) is 0 Å². The molecule has 0 atom stereocenters. The van der Waals surface area contributed by atoms with Crippen LogP contribution < -0.4 is 11.3 Å². The molecule has 0 aliphatic carbocycles. The van der Waals surface area contributed by atoms with Crippen LogP contribution in [-0.2, 0) is 14.3 Å². The van der Waals surface area contributed by atoms with Gasteiger partial charge in [0, 0.05) is 32.7 Å². The lowest BCUT2D eigenvalue weighted by atomic mass is 10.2. The van der Waals surface area contributed by atoms with Crippen LogP contribution in [0.4, 0.5) is 0 Å². The standard InChI is InChI=1S/C13H29N3O3/c1-3-18-11-9-16(10-12-19-4-2)8-6-5-7-13(17)15-14/h3-12,14H2,1-2H3,(H,15,17). The van der Waals surface area contributed by atoms with E-state index >= 15 is 0 Å². The van der Waals surface area contributed by atoms with Gasteiger partial charge in [-0.05, 0) is 33.2 Å². The van der Waals surface area contributed by atoms with E-state index in [0.717, 1.165) is 58.9 Å². The smallest absolute Gasteiger partial charge is 0.233 e. The van der Waals surface area contributed by atoms with Gasteiger partial charge in [-0.1, -0.05) is 0 Å². The highest BCUT2D eigenvalue weighted by atomic mass is 16.5. The number of nitrogens with one attached hydrogen (secondary N) is 1. The highest BCUT2D eigenvalue weighted by molar-refractivity contribution is 5.75. The SMILES string of the molecule is CCOCCN(CCCCC(=O)NN)CCOCC. The van der Waals surface area contributed by atoms with Crippen LogP contribution in [0.3, 0.4) is 0 Å². The number of amides is 1. The summed E-state index contributed by atoms with van der Waals surface area (Å²) in [4.78, 5) is 13.3. The summed E-state index contributed by atoms with van der Waals surface area (Å²) >= 11 is 0. The third-order valence-corrected chi connectivity index (χ3v) is 2.80. The van der Waals surface area contributed by atoms with Crippen LogP contribution in [0.25, 0.3) is 0 Å². The number of hydrogen-bond acceptors (Lipinski definition) is 5. The van der Waals surface area contributed by atoms with Crippen LogP contribution in [0.5, 0.6) is 0 Å². The lowest BCUT2D eigenvalue weighted by molar-refractivity contribution is -0.121. The molecule has 0 fully saturated rings. The molecule has 0 radical (unpaired) electrons. The summed E-state index contributed by atoms with van der Waals surface area (Å²) in [6.07, 6.45) is 2.32. The van der Waals surface area contributed by atoms with Crippen molar-refractivity contribution < 1.29 is 14.3 Å². The second kappa shape index (κ2) is 13.7. The molecule has 114 valence electrons. The first-order valence-corrected chi connectivity index (χ1v) is 7.11. The van der Waals surface area contributed by atoms with Crippen molar-refractivity contribution in [2.75, 3.05) is 46.1 Å². The molecule has 19 heavy (non-hydrogen) atoms. The maximum Gasteiger partial charge on any atom is 0.233 e. The molecule has 6 heteroatoms. The summed E-state index contributed by atoms with van der Waals surface area (Å²) in [6, 6.07) is 0. The molecular formula is C13H29N3O3. The van der Waals surface area contributed by atoms with Gasteiger partial charge in [0.05, 0.1) is 13.2 Å². The van der Waals surface area contributed by atoms with Crippen molar-refractivity contribution in [3.05, 3.63) is 0 Å². The lowest BCUT2D eigenvalue weighted by Crippen LogP contribution is -2.33. The zero-order valence-corrected chi connectivity index (χ0v) is 12.3. The third-order valence-electron chi connectivity index (χ3n) is 2.80. The van der Waals surface area contributed by atoms with E-state index in [2.05, 4.69) is 10.3 Å². The fourth-order valence-corrected chi connectivity index (χ4v) is 1.70. The summed E-state index contributed by atoms with van der Waals surface area (Å²) in [5, 5.41) is 0. The molecule has 0 unspecified atom stereocenters. The largest absolute Gasteiger partial charge is 0.380 e. The summed E-state index contributed by atoms with van der Waals surface area (Å²) in [5.74, 6) is 4.93. The van der Waals surface area contributed by atoms with Crippen LogP contribution >= 0.6 is 0 Å². The second-order valence-electron chi connectivity index (χ2n) is 4.26. The number of rotatable bonds is 13. The van der Waals surface area contributed by atoms with Crippen molar-refractivity contribution >= 4 is 5.91 Å². The van der Waals surface area contributed by atoms with Crippen molar-refractivity contribution in [1.29, 1.82) is 0 Å². The quantitative estimate of drug-likeness (QED) is 0.222. The number of nitrogens with zero attached hydrogens (tertiary/aromatic N) is 1. The Labute approximate surface area is 116 Å². The van der Waals surface area contributed by atoms with Crippen LogP contribution in [-0.4, -0.2) is 56.9 Å². The minimum atomic E-state index is -0.102. The molecule has 3 N–H and O–H groups in total. The normalized spacial score (nSPS) is 10.9. The minimum absolute atomic E-state index is 0.102. The zero-order valence-electron chi connectivity index (χ0n) is 12.3. The minimum Gasteiger partial charge on any atom is -0.380 e. The number of ether oxygens (including phenoxy) is 2. The van der Waals surface area contributed by atoms with Crippen molar-refractivity contribution in [3.8, 4) is 0 Å². The molecule has 0 aliphatic heterocycles. The molecule has 0 bridgehead atoms. The predicted octanol–water partition coefficient (Wildman–Crippen LogP) is 0.522. The maximum absolute atomic E-state index is 11.0. The van der Waals surface area contributed by atoms with Crippen LogP contribution in [0.1, 0.15) is 33.1 Å². The van der Waals surface area contributed by atoms with Crippen LogP contribution in [0, 0.1) is 0 Å². The van der Waals surface area contributed by atoms with E-state index in [0.29, 0.717) is 6.42 Å². The van der Waals surface area contributed by atoms with Gasteiger partial charge < -0.3 is 9.47 Å². The number of unbranched alkanes of at least 4 members (excludes halogenated alkanes) is 1.